The van der Waals surface area contributed by atoms with Gasteiger partial charge in [0.15, 0.2) is 17.1 Å². The average Bonchev–Trinajstić information content (AvgIpc) is 3.43. The van der Waals surface area contributed by atoms with Crippen molar-refractivity contribution in [2.24, 2.45) is 5.73 Å². The summed E-state index contributed by atoms with van der Waals surface area (Å²) in [6.07, 6.45) is 9.96. The van der Waals surface area contributed by atoms with Crippen LogP contribution in [0.1, 0.15) is 59.5 Å². The lowest BCUT2D eigenvalue weighted by molar-refractivity contribution is 0.0273. The minimum Gasteiger partial charge on any atom is -0.463 e. The van der Waals surface area contributed by atoms with Gasteiger partial charge in [-0.25, -0.2) is 9.97 Å². The molecule has 4 rings (SSSR count). The van der Waals surface area contributed by atoms with Crippen molar-refractivity contribution in [3.05, 3.63) is 42.2 Å². The molecule has 9 nitrogen and oxygen atoms in total. The zero-order valence-corrected chi connectivity index (χ0v) is 16.7. The zero-order valence-electron chi connectivity index (χ0n) is 16.7. The van der Waals surface area contributed by atoms with E-state index in [0.717, 1.165) is 19.3 Å². The maximum atomic E-state index is 12.8. The third-order valence-corrected chi connectivity index (χ3v) is 5.25. The fourth-order valence-corrected chi connectivity index (χ4v) is 3.72. The van der Waals surface area contributed by atoms with E-state index < -0.39 is 5.91 Å². The van der Waals surface area contributed by atoms with Crippen LogP contribution in [0.5, 0.6) is 0 Å². The number of fused-ring (bicyclic) bond motifs is 1. The quantitative estimate of drug-likeness (QED) is 0.549. The molecular weight excluding hydrogens is 386 g/mol. The molecule has 3 heterocycles. The lowest BCUT2D eigenvalue weighted by atomic mass is 9.98. The van der Waals surface area contributed by atoms with Gasteiger partial charge >= 0.3 is 0 Å². The number of nitrogens with two attached hydrogens (primary N) is 1. The maximum absolute atomic E-state index is 12.8. The highest BCUT2D eigenvalue weighted by molar-refractivity contribution is 5.99. The van der Waals surface area contributed by atoms with Gasteiger partial charge in [0.25, 0.3) is 11.8 Å². The van der Waals surface area contributed by atoms with Crippen molar-refractivity contribution >= 4 is 17.5 Å². The highest BCUT2D eigenvalue weighted by atomic mass is 16.5. The van der Waals surface area contributed by atoms with Crippen LogP contribution >= 0.6 is 0 Å². The standard InChI is InChI=1S/C21H25N5O4/c22-19(27)18-20-25-15(17-8-4-10-30-17)12-16(26(20)13-24-18)21(28)23-9-5-11-29-14-6-2-1-3-7-14/h4,8,10,12-14H,1-3,5-7,9,11H2,(H2,22,27)(H,23,28). The molecule has 0 saturated heterocycles. The first kappa shape index (κ1) is 20.1. The molecule has 1 fully saturated rings. The number of carbonyl (C=O) groups excluding carboxylic acids is 2. The number of ether oxygens (including phenoxy) is 1. The van der Waals surface area contributed by atoms with Gasteiger partial charge < -0.3 is 20.2 Å². The summed E-state index contributed by atoms with van der Waals surface area (Å²) in [5.41, 5.74) is 6.32. The molecule has 0 atom stereocenters. The first-order chi connectivity index (χ1) is 14.6. The van der Waals surface area contributed by atoms with Crippen LogP contribution < -0.4 is 11.1 Å². The van der Waals surface area contributed by atoms with Crippen molar-refractivity contribution < 1.29 is 18.7 Å². The Morgan fingerprint density at radius 1 is 1.30 bits per heavy atom. The number of carbonyl (C=O) groups is 2. The largest absolute Gasteiger partial charge is 0.463 e. The summed E-state index contributed by atoms with van der Waals surface area (Å²) in [5.74, 6) is -0.543. The summed E-state index contributed by atoms with van der Waals surface area (Å²) in [7, 11) is 0. The number of aromatic nitrogens is 3. The van der Waals surface area contributed by atoms with Gasteiger partial charge in [-0.2, -0.15) is 0 Å². The van der Waals surface area contributed by atoms with Crippen molar-refractivity contribution in [1.29, 1.82) is 0 Å². The average molecular weight is 411 g/mol. The summed E-state index contributed by atoms with van der Waals surface area (Å²) < 4.78 is 12.8. The Labute approximate surface area is 173 Å². The van der Waals surface area contributed by atoms with Crippen LogP contribution in [0.3, 0.4) is 0 Å². The molecule has 0 spiro atoms. The van der Waals surface area contributed by atoms with Gasteiger partial charge in [0, 0.05) is 13.2 Å². The molecular formula is C21H25N5O4. The number of imidazole rings is 1. The maximum Gasteiger partial charge on any atom is 0.271 e. The minimum atomic E-state index is -0.715. The van der Waals surface area contributed by atoms with E-state index in [1.54, 1.807) is 18.2 Å². The molecule has 3 N–H and O–H groups in total. The lowest BCUT2D eigenvalue weighted by Gasteiger charge is -2.21. The van der Waals surface area contributed by atoms with Crippen LogP contribution in [0.2, 0.25) is 0 Å². The molecule has 0 aromatic carbocycles. The number of furan rings is 1. The lowest BCUT2D eigenvalue weighted by Crippen LogP contribution is -2.28. The molecule has 158 valence electrons. The Morgan fingerprint density at radius 2 is 2.13 bits per heavy atom. The van der Waals surface area contributed by atoms with Gasteiger partial charge in [-0.3, -0.25) is 14.0 Å². The first-order valence-corrected chi connectivity index (χ1v) is 10.2. The molecule has 0 aliphatic heterocycles. The summed E-state index contributed by atoms with van der Waals surface area (Å²) in [4.78, 5) is 33.0. The highest BCUT2D eigenvalue weighted by Gasteiger charge is 2.20. The Balaban J connectivity index is 1.46. The first-order valence-electron chi connectivity index (χ1n) is 10.2. The third kappa shape index (κ3) is 4.35. The number of primary amides is 1. The molecule has 1 aliphatic carbocycles. The molecule has 0 unspecified atom stereocenters. The van der Waals surface area contributed by atoms with Crippen LogP contribution in [-0.4, -0.2) is 45.4 Å². The number of hydrogen-bond donors (Lipinski definition) is 2. The van der Waals surface area contributed by atoms with Crippen molar-refractivity contribution in [2.45, 2.75) is 44.6 Å². The second kappa shape index (κ2) is 9.08. The van der Waals surface area contributed by atoms with E-state index >= 15 is 0 Å². The van der Waals surface area contributed by atoms with Crippen LogP contribution in [-0.2, 0) is 4.74 Å². The van der Waals surface area contributed by atoms with Crippen molar-refractivity contribution in [1.82, 2.24) is 19.7 Å². The highest BCUT2D eigenvalue weighted by Crippen LogP contribution is 2.22. The van der Waals surface area contributed by atoms with Gasteiger partial charge in [-0.05, 0) is 37.5 Å². The van der Waals surface area contributed by atoms with Gasteiger partial charge in [0.05, 0.1) is 12.4 Å². The Hall–Kier alpha value is -3.20. The van der Waals surface area contributed by atoms with Gasteiger partial charge in [0.2, 0.25) is 0 Å². The molecule has 2 amide bonds. The number of hydrogen-bond acceptors (Lipinski definition) is 6. The molecule has 3 aromatic rings. The van der Waals surface area contributed by atoms with E-state index in [0.29, 0.717) is 36.4 Å². The van der Waals surface area contributed by atoms with E-state index in [-0.39, 0.29) is 17.2 Å². The number of nitrogens with zero attached hydrogens (tertiary/aromatic N) is 3. The van der Waals surface area contributed by atoms with Crippen LogP contribution in [0.4, 0.5) is 0 Å². The second-order valence-electron chi connectivity index (χ2n) is 7.40. The molecule has 0 bridgehead atoms. The van der Waals surface area contributed by atoms with E-state index in [4.69, 9.17) is 14.9 Å². The fraction of sp³-hybridized carbons (Fsp3) is 0.429. The zero-order chi connectivity index (χ0) is 20.9. The predicted molar refractivity (Wildman–Crippen MR) is 109 cm³/mol. The summed E-state index contributed by atoms with van der Waals surface area (Å²) >= 11 is 0. The van der Waals surface area contributed by atoms with Gasteiger partial charge in [0.1, 0.15) is 17.7 Å². The molecule has 30 heavy (non-hydrogen) atoms. The van der Waals surface area contributed by atoms with Gasteiger partial charge in [-0.15, -0.1) is 0 Å². The van der Waals surface area contributed by atoms with E-state index in [2.05, 4.69) is 15.3 Å². The van der Waals surface area contributed by atoms with Crippen LogP contribution in [0.15, 0.2) is 35.2 Å². The van der Waals surface area contributed by atoms with E-state index in [9.17, 15) is 9.59 Å². The summed E-state index contributed by atoms with van der Waals surface area (Å²) in [5, 5.41) is 2.90. The summed E-state index contributed by atoms with van der Waals surface area (Å²) in [6.45, 7) is 1.09. The Bertz CT molecular complexity index is 1020. The van der Waals surface area contributed by atoms with Crippen LogP contribution in [0, 0.1) is 0 Å². The molecule has 9 heteroatoms. The summed E-state index contributed by atoms with van der Waals surface area (Å²) in [6, 6.07) is 5.05. The second-order valence-corrected chi connectivity index (χ2v) is 7.40. The van der Waals surface area contributed by atoms with Crippen molar-refractivity contribution in [3.8, 4) is 11.5 Å². The van der Waals surface area contributed by atoms with Gasteiger partial charge in [-0.1, -0.05) is 19.3 Å². The van der Waals surface area contributed by atoms with E-state index in [1.807, 2.05) is 0 Å². The SMILES string of the molecule is NC(=O)c1ncn2c(C(=O)NCCCOC3CCCCC3)cc(-c3ccco3)nc12. The van der Waals surface area contributed by atoms with Crippen LogP contribution in [0.25, 0.3) is 17.1 Å². The normalized spacial score (nSPS) is 14.8. The molecule has 1 saturated carbocycles. The fourth-order valence-electron chi connectivity index (χ4n) is 3.72. The Morgan fingerprint density at radius 3 is 2.87 bits per heavy atom. The smallest absolute Gasteiger partial charge is 0.271 e. The third-order valence-electron chi connectivity index (χ3n) is 5.25. The molecule has 3 aromatic heterocycles. The topological polar surface area (TPSA) is 125 Å². The number of amides is 2. The van der Waals surface area contributed by atoms with E-state index in [1.165, 1.54) is 36.3 Å². The molecule has 1 aliphatic rings. The number of nitrogens with one attached hydrogen (secondary N) is 1. The minimum absolute atomic E-state index is 0.00154. The monoisotopic (exact) mass is 411 g/mol. The molecule has 0 radical (unpaired) electrons. The van der Waals surface area contributed by atoms with Crippen molar-refractivity contribution in [3.63, 3.8) is 0 Å². The van der Waals surface area contributed by atoms with Crippen molar-refractivity contribution in [2.75, 3.05) is 13.2 Å². The Kier molecular flexibility index (Phi) is 6.08. The predicted octanol–water partition coefficient (Wildman–Crippen LogP) is 2.56. The number of rotatable bonds is 8.